The molecule has 0 amide bonds. The summed E-state index contributed by atoms with van der Waals surface area (Å²) >= 11 is 11.9. The molecular weight excluding hydrogens is 315 g/mol. The average Bonchev–Trinajstić information content (AvgIpc) is 2.85. The predicted octanol–water partition coefficient (Wildman–Crippen LogP) is 2.98. The second kappa shape index (κ2) is 5.23. The summed E-state index contributed by atoms with van der Waals surface area (Å²) in [7, 11) is 0. The average molecular weight is 323 g/mol. The Bertz CT molecular complexity index is 852. The summed E-state index contributed by atoms with van der Waals surface area (Å²) in [4.78, 5) is 11.1. The summed E-state index contributed by atoms with van der Waals surface area (Å²) in [6.07, 6.45) is 0. The SMILES string of the molecule is Nc1noc(-c2ccc(=O)[nH]n2)c1-c1ccc(Cl)c(Cl)c1. The number of anilines is 1. The van der Waals surface area contributed by atoms with Crippen LogP contribution in [-0.2, 0) is 0 Å². The summed E-state index contributed by atoms with van der Waals surface area (Å²) in [5.74, 6) is 0.526. The van der Waals surface area contributed by atoms with Gasteiger partial charge in [-0.1, -0.05) is 34.4 Å². The highest BCUT2D eigenvalue weighted by atomic mass is 35.5. The van der Waals surface area contributed by atoms with Crippen molar-refractivity contribution < 1.29 is 4.52 Å². The van der Waals surface area contributed by atoms with Crippen LogP contribution in [0, 0.1) is 0 Å². The van der Waals surface area contributed by atoms with Crippen molar-refractivity contribution in [3.8, 4) is 22.6 Å². The van der Waals surface area contributed by atoms with Crippen molar-refractivity contribution in [2.45, 2.75) is 0 Å². The van der Waals surface area contributed by atoms with Gasteiger partial charge >= 0.3 is 0 Å². The second-order valence-electron chi connectivity index (χ2n) is 4.21. The van der Waals surface area contributed by atoms with E-state index in [1.807, 2.05) is 0 Å². The number of nitrogens with zero attached hydrogens (tertiary/aromatic N) is 2. The zero-order valence-electron chi connectivity index (χ0n) is 10.4. The summed E-state index contributed by atoms with van der Waals surface area (Å²) < 4.78 is 5.21. The molecule has 3 rings (SSSR count). The number of aromatic amines is 1. The van der Waals surface area contributed by atoms with E-state index in [-0.39, 0.29) is 11.4 Å². The number of rotatable bonds is 2. The lowest BCUT2D eigenvalue weighted by molar-refractivity contribution is 0.434. The van der Waals surface area contributed by atoms with E-state index >= 15 is 0 Å². The summed E-state index contributed by atoms with van der Waals surface area (Å²) in [5, 5.41) is 10.8. The zero-order valence-corrected chi connectivity index (χ0v) is 11.9. The third-order valence-electron chi connectivity index (χ3n) is 2.84. The number of aromatic nitrogens is 3. The number of nitrogens with one attached hydrogen (secondary N) is 1. The van der Waals surface area contributed by atoms with E-state index in [0.29, 0.717) is 32.6 Å². The minimum Gasteiger partial charge on any atom is -0.380 e. The number of hydrogen-bond acceptors (Lipinski definition) is 5. The van der Waals surface area contributed by atoms with Gasteiger partial charge in [-0.15, -0.1) is 0 Å². The molecule has 21 heavy (non-hydrogen) atoms. The van der Waals surface area contributed by atoms with E-state index in [1.165, 1.54) is 12.1 Å². The van der Waals surface area contributed by atoms with Crippen LogP contribution >= 0.6 is 23.2 Å². The number of hydrogen-bond donors (Lipinski definition) is 2. The number of nitrogen functional groups attached to an aromatic ring is 1. The molecule has 6 nitrogen and oxygen atoms in total. The maximum atomic E-state index is 11.1. The molecule has 0 atom stereocenters. The minimum atomic E-state index is -0.317. The highest BCUT2D eigenvalue weighted by molar-refractivity contribution is 6.42. The Morgan fingerprint density at radius 2 is 1.95 bits per heavy atom. The molecular formula is C13H8Cl2N4O2. The first-order chi connectivity index (χ1) is 10.1. The van der Waals surface area contributed by atoms with Crippen LogP contribution in [0.1, 0.15) is 0 Å². The van der Waals surface area contributed by atoms with Crippen LogP contribution in [0.2, 0.25) is 10.0 Å². The molecule has 106 valence electrons. The van der Waals surface area contributed by atoms with Crippen molar-refractivity contribution in [2.75, 3.05) is 5.73 Å². The third-order valence-corrected chi connectivity index (χ3v) is 3.58. The maximum Gasteiger partial charge on any atom is 0.264 e. The topological polar surface area (TPSA) is 97.8 Å². The fraction of sp³-hybridized carbons (Fsp3) is 0. The first kappa shape index (κ1) is 13.7. The van der Waals surface area contributed by atoms with Crippen LogP contribution in [0.5, 0.6) is 0 Å². The molecule has 0 aliphatic carbocycles. The number of halogens is 2. The lowest BCUT2D eigenvalue weighted by atomic mass is 10.0. The first-order valence-electron chi connectivity index (χ1n) is 5.83. The molecule has 0 saturated heterocycles. The number of benzene rings is 1. The van der Waals surface area contributed by atoms with E-state index < -0.39 is 0 Å². The molecule has 0 fully saturated rings. The molecule has 0 spiro atoms. The summed E-state index contributed by atoms with van der Waals surface area (Å²) in [6.45, 7) is 0. The largest absolute Gasteiger partial charge is 0.380 e. The third kappa shape index (κ3) is 2.51. The Morgan fingerprint density at radius 3 is 2.62 bits per heavy atom. The molecule has 0 radical (unpaired) electrons. The molecule has 0 bridgehead atoms. The first-order valence-corrected chi connectivity index (χ1v) is 6.58. The van der Waals surface area contributed by atoms with Crippen molar-refractivity contribution in [2.24, 2.45) is 0 Å². The highest BCUT2D eigenvalue weighted by Crippen LogP contribution is 2.37. The smallest absolute Gasteiger partial charge is 0.264 e. The van der Waals surface area contributed by atoms with E-state index in [0.717, 1.165) is 0 Å². The Balaban J connectivity index is 2.19. The molecule has 3 aromatic rings. The Hall–Kier alpha value is -2.31. The Morgan fingerprint density at radius 1 is 1.14 bits per heavy atom. The lowest BCUT2D eigenvalue weighted by Crippen LogP contribution is -2.05. The predicted molar refractivity (Wildman–Crippen MR) is 80.2 cm³/mol. The van der Waals surface area contributed by atoms with Gasteiger partial charge < -0.3 is 10.3 Å². The van der Waals surface area contributed by atoms with Gasteiger partial charge in [0.15, 0.2) is 11.6 Å². The van der Waals surface area contributed by atoms with Gasteiger partial charge in [-0.25, -0.2) is 5.10 Å². The highest BCUT2D eigenvalue weighted by Gasteiger charge is 2.19. The Labute approximate surface area is 128 Å². The van der Waals surface area contributed by atoms with Crippen molar-refractivity contribution in [3.05, 3.63) is 50.7 Å². The summed E-state index contributed by atoms with van der Waals surface area (Å²) in [6, 6.07) is 7.89. The molecule has 3 N–H and O–H groups in total. The quantitative estimate of drug-likeness (QED) is 0.755. The van der Waals surface area contributed by atoms with Gasteiger partial charge in [0.2, 0.25) is 0 Å². The van der Waals surface area contributed by atoms with Gasteiger partial charge in [0.25, 0.3) is 5.56 Å². The fourth-order valence-corrected chi connectivity index (χ4v) is 2.18. The van der Waals surface area contributed by atoms with Crippen LogP contribution < -0.4 is 11.3 Å². The molecule has 2 heterocycles. The Kier molecular flexibility index (Phi) is 3.40. The molecule has 8 heteroatoms. The van der Waals surface area contributed by atoms with Gasteiger partial charge in [0.05, 0.1) is 15.6 Å². The minimum absolute atomic E-state index is 0.191. The fourth-order valence-electron chi connectivity index (χ4n) is 1.88. The van der Waals surface area contributed by atoms with E-state index in [9.17, 15) is 4.79 Å². The second-order valence-corrected chi connectivity index (χ2v) is 5.02. The van der Waals surface area contributed by atoms with Crippen molar-refractivity contribution in [1.29, 1.82) is 0 Å². The maximum absolute atomic E-state index is 11.1. The van der Waals surface area contributed by atoms with Crippen molar-refractivity contribution in [3.63, 3.8) is 0 Å². The van der Waals surface area contributed by atoms with Crippen LogP contribution in [0.25, 0.3) is 22.6 Å². The standard InChI is InChI=1S/C13H8Cl2N4O2/c14-7-2-1-6(5-8(7)15)11-12(21-19-13(11)16)9-3-4-10(20)18-17-9/h1-5H,(H2,16,19)(H,18,20). The van der Waals surface area contributed by atoms with Crippen LogP contribution in [0.15, 0.2) is 39.6 Å². The zero-order chi connectivity index (χ0) is 15.0. The van der Waals surface area contributed by atoms with E-state index in [4.69, 9.17) is 33.5 Å². The van der Waals surface area contributed by atoms with Gasteiger partial charge in [-0.2, -0.15) is 5.10 Å². The molecule has 0 aliphatic heterocycles. The molecule has 0 unspecified atom stereocenters. The van der Waals surface area contributed by atoms with Crippen LogP contribution in [0.3, 0.4) is 0 Å². The molecule has 1 aromatic carbocycles. The van der Waals surface area contributed by atoms with Gasteiger partial charge in [-0.3, -0.25) is 4.79 Å². The van der Waals surface area contributed by atoms with Gasteiger partial charge in [-0.05, 0) is 23.8 Å². The van der Waals surface area contributed by atoms with E-state index in [2.05, 4.69) is 15.4 Å². The van der Waals surface area contributed by atoms with Crippen LogP contribution in [-0.4, -0.2) is 15.4 Å². The summed E-state index contributed by atoms with van der Waals surface area (Å²) in [5.41, 5.74) is 7.16. The lowest BCUT2D eigenvalue weighted by Gasteiger charge is -2.03. The van der Waals surface area contributed by atoms with Crippen molar-refractivity contribution >= 4 is 29.0 Å². The van der Waals surface area contributed by atoms with Crippen LogP contribution in [0.4, 0.5) is 5.82 Å². The van der Waals surface area contributed by atoms with Crippen molar-refractivity contribution in [1.82, 2.24) is 15.4 Å². The molecule has 2 aromatic heterocycles. The normalized spacial score (nSPS) is 10.8. The number of H-pyrrole nitrogens is 1. The van der Waals surface area contributed by atoms with Gasteiger partial charge in [0, 0.05) is 6.07 Å². The monoisotopic (exact) mass is 322 g/mol. The molecule has 0 saturated carbocycles. The number of nitrogens with two attached hydrogens (primary N) is 1. The molecule has 0 aliphatic rings. The van der Waals surface area contributed by atoms with Gasteiger partial charge in [0.1, 0.15) is 5.69 Å². The van der Waals surface area contributed by atoms with E-state index in [1.54, 1.807) is 18.2 Å².